The Morgan fingerprint density at radius 2 is 2.00 bits per heavy atom. The first-order valence-corrected chi connectivity index (χ1v) is 12.5. The van der Waals surface area contributed by atoms with E-state index in [1.807, 2.05) is 54.5 Å². The lowest BCUT2D eigenvalue weighted by atomic mass is 9.93. The maximum atomic E-state index is 13.6. The van der Waals surface area contributed by atoms with Crippen molar-refractivity contribution in [2.45, 2.75) is 58.0 Å². The monoisotopic (exact) mass is 459 g/mol. The molecule has 0 radical (unpaired) electrons. The molecule has 2 aliphatic rings. The summed E-state index contributed by atoms with van der Waals surface area (Å²) in [6, 6.07) is 12.4. The average molecular weight is 460 g/mol. The van der Waals surface area contributed by atoms with Gasteiger partial charge in [-0.1, -0.05) is 48.9 Å². The minimum Gasteiger partial charge on any atom is -0.310 e. The van der Waals surface area contributed by atoms with E-state index < -0.39 is 5.54 Å². The standard InChI is InChI=1S/C28H37N5O/c1-4-14-32-28(3)20-31-26(24-8-6-5-7-9-24)33(27(28)34)16-13-21(2)30-18-22-10-11-23-12-15-29-19-25(23)17-22/h5-9,12,15,17,19,21,30,32H,4,10-11,13-14,16,18,20H2,1-3H3. The molecule has 1 aromatic heterocycles. The van der Waals surface area contributed by atoms with E-state index in [0.29, 0.717) is 13.1 Å². The van der Waals surface area contributed by atoms with Gasteiger partial charge in [0, 0.05) is 37.1 Å². The molecule has 2 aromatic rings. The predicted molar refractivity (Wildman–Crippen MR) is 139 cm³/mol. The Labute approximate surface area is 203 Å². The molecule has 180 valence electrons. The highest BCUT2D eigenvalue weighted by Gasteiger charge is 2.41. The summed E-state index contributed by atoms with van der Waals surface area (Å²) in [6.07, 6.45) is 10.1. The Morgan fingerprint density at radius 3 is 2.79 bits per heavy atom. The van der Waals surface area contributed by atoms with E-state index in [9.17, 15) is 4.79 Å². The Hall–Kier alpha value is -2.83. The number of hydrogen-bond donors (Lipinski definition) is 2. The fourth-order valence-electron chi connectivity index (χ4n) is 4.60. The van der Waals surface area contributed by atoms with Gasteiger partial charge >= 0.3 is 0 Å². The van der Waals surface area contributed by atoms with Crippen LogP contribution in [0.5, 0.6) is 0 Å². The van der Waals surface area contributed by atoms with E-state index in [1.54, 1.807) is 0 Å². The van der Waals surface area contributed by atoms with Crippen molar-refractivity contribution in [3.05, 3.63) is 71.1 Å². The molecule has 1 aliphatic carbocycles. The molecule has 0 saturated carbocycles. The maximum Gasteiger partial charge on any atom is 0.250 e. The summed E-state index contributed by atoms with van der Waals surface area (Å²) in [7, 11) is 0. The average Bonchev–Trinajstić information content (AvgIpc) is 2.87. The molecule has 1 amide bonds. The van der Waals surface area contributed by atoms with E-state index in [1.165, 1.54) is 16.7 Å². The van der Waals surface area contributed by atoms with Crippen molar-refractivity contribution in [2.75, 3.05) is 26.2 Å². The second-order valence-corrected chi connectivity index (χ2v) is 9.67. The summed E-state index contributed by atoms with van der Waals surface area (Å²) < 4.78 is 0. The molecule has 0 fully saturated rings. The lowest BCUT2D eigenvalue weighted by molar-refractivity contribution is -0.134. The Morgan fingerprint density at radius 1 is 1.18 bits per heavy atom. The van der Waals surface area contributed by atoms with Gasteiger partial charge in [0.1, 0.15) is 11.4 Å². The summed E-state index contributed by atoms with van der Waals surface area (Å²) in [5, 5.41) is 7.10. The number of rotatable bonds is 10. The zero-order chi connectivity index (χ0) is 24.0. The van der Waals surface area contributed by atoms with Crippen LogP contribution in [-0.4, -0.2) is 59.4 Å². The number of carbonyl (C=O) groups excluding carboxylic acids is 1. The van der Waals surface area contributed by atoms with Gasteiger partial charge in [-0.3, -0.25) is 19.7 Å². The van der Waals surface area contributed by atoms with Crippen LogP contribution in [0.25, 0.3) is 6.08 Å². The summed E-state index contributed by atoms with van der Waals surface area (Å²) in [4.78, 5) is 24.6. The zero-order valence-corrected chi connectivity index (χ0v) is 20.7. The van der Waals surface area contributed by atoms with Crippen molar-refractivity contribution in [3.8, 4) is 0 Å². The van der Waals surface area contributed by atoms with Crippen molar-refractivity contribution >= 4 is 17.8 Å². The molecule has 2 N–H and O–H groups in total. The fourth-order valence-corrected chi connectivity index (χ4v) is 4.60. The smallest absolute Gasteiger partial charge is 0.250 e. The van der Waals surface area contributed by atoms with Crippen LogP contribution in [0, 0.1) is 0 Å². The number of amidine groups is 1. The number of pyridine rings is 1. The predicted octanol–water partition coefficient (Wildman–Crippen LogP) is 3.83. The number of nitrogens with zero attached hydrogens (tertiary/aromatic N) is 3. The van der Waals surface area contributed by atoms with Crippen LogP contribution in [0.3, 0.4) is 0 Å². The molecule has 34 heavy (non-hydrogen) atoms. The highest BCUT2D eigenvalue weighted by atomic mass is 16.2. The molecule has 4 rings (SSSR count). The summed E-state index contributed by atoms with van der Waals surface area (Å²) in [6.45, 7) is 9.05. The first-order chi connectivity index (χ1) is 16.5. The van der Waals surface area contributed by atoms with Crippen molar-refractivity contribution in [2.24, 2.45) is 4.99 Å². The number of fused-ring (bicyclic) bond motifs is 1. The second-order valence-electron chi connectivity index (χ2n) is 9.67. The number of benzene rings is 1. The van der Waals surface area contributed by atoms with Crippen LogP contribution in [0.1, 0.15) is 56.7 Å². The van der Waals surface area contributed by atoms with Crippen LogP contribution in [0.4, 0.5) is 0 Å². The van der Waals surface area contributed by atoms with Gasteiger partial charge in [0.15, 0.2) is 0 Å². The highest BCUT2D eigenvalue weighted by Crippen LogP contribution is 2.23. The van der Waals surface area contributed by atoms with Crippen molar-refractivity contribution in [3.63, 3.8) is 0 Å². The third-order valence-electron chi connectivity index (χ3n) is 6.80. The summed E-state index contributed by atoms with van der Waals surface area (Å²) >= 11 is 0. The van der Waals surface area contributed by atoms with Gasteiger partial charge in [-0.05, 0) is 63.3 Å². The van der Waals surface area contributed by atoms with Gasteiger partial charge in [-0.2, -0.15) is 0 Å². The normalized spacial score (nSPS) is 21.0. The Balaban J connectivity index is 1.40. The number of hydrogen-bond acceptors (Lipinski definition) is 5. The molecule has 0 spiro atoms. The second kappa shape index (κ2) is 11.1. The summed E-state index contributed by atoms with van der Waals surface area (Å²) in [5.41, 5.74) is 4.36. The van der Waals surface area contributed by atoms with Crippen LogP contribution >= 0.6 is 0 Å². The van der Waals surface area contributed by atoms with Crippen LogP contribution in [0.2, 0.25) is 0 Å². The number of amides is 1. The largest absolute Gasteiger partial charge is 0.310 e. The molecule has 6 nitrogen and oxygen atoms in total. The minimum atomic E-state index is -0.653. The molecule has 2 heterocycles. The lowest BCUT2D eigenvalue weighted by Crippen LogP contribution is -2.62. The fraction of sp³-hybridized carbons (Fsp3) is 0.464. The molecule has 2 unspecified atom stereocenters. The minimum absolute atomic E-state index is 0.112. The molecule has 0 saturated heterocycles. The van der Waals surface area contributed by atoms with Crippen LogP contribution < -0.4 is 10.6 Å². The van der Waals surface area contributed by atoms with Crippen molar-refractivity contribution < 1.29 is 4.79 Å². The van der Waals surface area contributed by atoms with Gasteiger partial charge in [-0.25, -0.2) is 0 Å². The third kappa shape index (κ3) is 5.62. The Kier molecular flexibility index (Phi) is 7.91. The van der Waals surface area contributed by atoms with Gasteiger partial charge in [-0.15, -0.1) is 0 Å². The maximum absolute atomic E-state index is 13.6. The Bertz CT molecular complexity index is 1050. The van der Waals surface area contributed by atoms with E-state index in [0.717, 1.165) is 50.2 Å². The van der Waals surface area contributed by atoms with E-state index >= 15 is 0 Å². The SMILES string of the molecule is CCCNC1(C)CN=C(c2ccccc2)N(CCC(C)NCC2=Cc3cnccc3CC2)C1=O. The molecule has 1 aromatic carbocycles. The topological polar surface area (TPSA) is 69.6 Å². The van der Waals surface area contributed by atoms with Crippen molar-refractivity contribution in [1.82, 2.24) is 20.5 Å². The lowest BCUT2D eigenvalue weighted by Gasteiger charge is -2.39. The molecule has 0 bridgehead atoms. The molecule has 6 heteroatoms. The van der Waals surface area contributed by atoms with Gasteiger partial charge in [0.05, 0.1) is 6.54 Å². The first-order valence-electron chi connectivity index (χ1n) is 12.5. The van der Waals surface area contributed by atoms with Gasteiger partial charge in [0.25, 0.3) is 0 Å². The zero-order valence-electron chi connectivity index (χ0n) is 20.7. The van der Waals surface area contributed by atoms with E-state index in [4.69, 9.17) is 4.99 Å². The quantitative estimate of drug-likeness (QED) is 0.567. The first kappa shape index (κ1) is 24.3. The molecular formula is C28H37N5O. The third-order valence-corrected chi connectivity index (χ3v) is 6.80. The van der Waals surface area contributed by atoms with Gasteiger partial charge < -0.3 is 10.6 Å². The summed E-state index contributed by atoms with van der Waals surface area (Å²) in [5.74, 6) is 0.897. The van der Waals surface area contributed by atoms with Crippen molar-refractivity contribution in [1.29, 1.82) is 0 Å². The van der Waals surface area contributed by atoms with Crippen LogP contribution in [0.15, 0.2) is 59.4 Å². The molecule has 1 aliphatic heterocycles. The van der Waals surface area contributed by atoms with E-state index in [-0.39, 0.29) is 11.9 Å². The van der Waals surface area contributed by atoms with Gasteiger partial charge in [0.2, 0.25) is 5.91 Å². The number of aromatic nitrogens is 1. The number of carbonyl (C=O) groups is 1. The number of aliphatic imine (C=N–C) groups is 1. The highest BCUT2D eigenvalue weighted by molar-refractivity contribution is 6.11. The molecule has 2 atom stereocenters. The molecular weight excluding hydrogens is 422 g/mol. The number of nitrogens with one attached hydrogen (secondary N) is 2. The van der Waals surface area contributed by atoms with Crippen LogP contribution in [-0.2, 0) is 11.2 Å². The number of aryl methyl sites for hydroxylation is 1. The van der Waals surface area contributed by atoms with E-state index in [2.05, 4.69) is 41.6 Å².